The fourth-order valence-electron chi connectivity index (χ4n) is 2.74. The first-order valence-corrected chi connectivity index (χ1v) is 7.95. The Hall–Kier alpha value is -1.08. The van der Waals surface area contributed by atoms with E-state index >= 15 is 0 Å². The molecule has 0 aliphatic heterocycles. The molecule has 0 bridgehead atoms. The van der Waals surface area contributed by atoms with Crippen LogP contribution < -0.4 is 10.5 Å². The monoisotopic (exact) mass is 286 g/mol. The largest absolute Gasteiger partial charge is 0.381 e. The Morgan fingerprint density at radius 1 is 1.47 bits per heavy atom. The number of rotatable bonds is 3. The maximum absolute atomic E-state index is 12.5. The minimum atomic E-state index is -3.61. The van der Waals surface area contributed by atoms with Crippen LogP contribution in [-0.4, -0.2) is 24.2 Å². The Labute approximate surface area is 114 Å². The van der Waals surface area contributed by atoms with Crippen LogP contribution >= 0.6 is 0 Å². The smallest absolute Gasteiger partial charge is 0.246 e. The summed E-state index contributed by atoms with van der Waals surface area (Å²) >= 11 is 0. The van der Waals surface area contributed by atoms with Crippen LogP contribution in [0.25, 0.3) is 0 Å². The van der Waals surface area contributed by atoms with Crippen LogP contribution in [0.2, 0.25) is 0 Å². The molecular weight excluding hydrogens is 264 g/mol. The normalized spacial score (nSPS) is 22.8. The van der Waals surface area contributed by atoms with Gasteiger partial charge in [-0.05, 0) is 25.2 Å². The van der Waals surface area contributed by atoms with Gasteiger partial charge in [0.2, 0.25) is 10.0 Å². The molecule has 3 N–H and O–H groups in total. The van der Waals surface area contributed by atoms with Crippen molar-refractivity contribution >= 4 is 15.8 Å². The van der Waals surface area contributed by atoms with Gasteiger partial charge >= 0.3 is 0 Å². The van der Waals surface area contributed by atoms with Crippen LogP contribution in [0.15, 0.2) is 4.90 Å². The molecule has 0 spiro atoms. The van der Waals surface area contributed by atoms with Gasteiger partial charge in [-0.2, -0.15) is 5.10 Å². The van der Waals surface area contributed by atoms with Crippen LogP contribution in [0, 0.1) is 12.3 Å². The predicted octanol–water partition coefficient (Wildman–Crippen LogP) is 1.17. The Morgan fingerprint density at radius 2 is 2.11 bits per heavy atom. The molecule has 1 heterocycles. The molecule has 2 rings (SSSR count). The fourth-order valence-corrected chi connectivity index (χ4v) is 4.50. The van der Waals surface area contributed by atoms with E-state index in [9.17, 15) is 8.42 Å². The molecule has 1 atom stereocenters. The quantitative estimate of drug-likeness (QED) is 0.872. The minimum absolute atomic E-state index is 0.0159. The van der Waals surface area contributed by atoms with Crippen LogP contribution in [0.3, 0.4) is 0 Å². The van der Waals surface area contributed by atoms with Gasteiger partial charge in [0.25, 0.3) is 0 Å². The first-order valence-electron chi connectivity index (χ1n) is 6.46. The molecule has 0 radical (unpaired) electrons. The van der Waals surface area contributed by atoms with E-state index in [1.165, 1.54) is 4.68 Å². The molecular formula is C12H22N4O2S. The Kier molecular flexibility index (Phi) is 3.38. The second kappa shape index (κ2) is 4.49. The van der Waals surface area contributed by atoms with Gasteiger partial charge in [-0.1, -0.05) is 20.3 Å². The number of nitrogens with one attached hydrogen (secondary N) is 1. The van der Waals surface area contributed by atoms with E-state index in [0.717, 1.165) is 19.3 Å². The minimum Gasteiger partial charge on any atom is -0.381 e. The topological polar surface area (TPSA) is 90.0 Å². The van der Waals surface area contributed by atoms with Crippen molar-refractivity contribution in [3.05, 3.63) is 5.69 Å². The highest BCUT2D eigenvalue weighted by Crippen LogP contribution is 2.38. The highest BCUT2D eigenvalue weighted by molar-refractivity contribution is 7.89. The zero-order valence-electron chi connectivity index (χ0n) is 11.9. The third-order valence-electron chi connectivity index (χ3n) is 4.13. The molecule has 1 unspecified atom stereocenters. The summed E-state index contributed by atoms with van der Waals surface area (Å²) in [7, 11) is -1.93. The predicted molar refractivity (Wildman–Crippen MR) is 74.1 cm³/mol. The van der Waals surface area contributed by atoms with Gasteiger partial charge in [0.15, 0.2) is 5.82 Å². The number of hydrogen-bond donors (Lipinski definition) is 2. The summed E-state index contributed by atoms with van der Waals surface area (Å²) in [6.45, 7) is 5.89. The van der Waals surface area contributed by atoms with Gasteiger partial charge in [0.1, 0.15) is 4.90 Å². The Bertz CT molecular complexity index is 589. The van der Waals surface area contributed by atoms with Crippen molar-refractivity contribution in [2.75, 3.05) is 5.73 Å². The van der Waals surface area contributed by atoms with E-state index in [2.05, 4.69) is 23.7 Å². The van der Waals surface area contributed by atoms with Gasteiger partial charge in [0, 0.05) is 13.1 Å². The maximum Gasteiger partial charge on any atom is 0.246 e. The molecule has 1 aliphatic carbocycles. The average molecular weight is 286 g/mol. The number of sulfonamides is 1. The van der Waals surface area contributed by atoms with Gasteiger partial charge in [-0.25, -0.2) is 13.1 Å². The lowest BCUT2D eigenvalue weighted by molar-refractivity contribution is 0.313. The number of anilines is 1. The van der Waals surface area contributed by atoms with Crippen LogP contribution in [-0.2, 0) is 17.1 Å². The first kappa shape index (κ1) is 14.3. The summed E-state index contributed by atoms with van der Waals surface area (Å²) in [5, 5.41) is 3.96. The zero-order chi connectivity index (χ0) is 14.4. The Morgan fingerprint density at radius 3 is 2.53 bits per heavy atom. The van der Waals surface area contributed by atoms with Crippen molar-refractivity contribution in [1.82, 2.24) is 14.5 Å². The van der Waals surface area contributed by atoms with E-state index in [1.807, 2.05) is 0 Å². The molecule has 0 amide bonds. The summed E-state index contributed by atoms with van der Waals surface area (Å²) in [4.78, 5) is 0.109. The van der Waals surface area contributed by atoms with E-state index in [1.54, 1.807) is 14.0 Å². The van der Waals surface area contributed by atoms with E-state index in [4.69, 9.17) is 5.73 Å². The second-order valence-electron chi connectivity index (χ2n) is 5.98. The molecule has 1 fully saturated rings. The number of hydrogen-bond acceptors (Lipinski definition) is 4. The molecule has 1 aromatic rings. The Balaban J connectivity index is 2.33. The molecule has 108 valence electrons. The van der Waals surface area contributed by atoms with Crippen LogP contribution in [0.5, 0.6) is 0 Å². The molecule has 1 aromatic heterocycles. The van der Waals surface area contributed by atoms with Gasteiger partial charge in [-0.15, -0.1) is 0 Å². The lowest BCUT2D eigenvalue weighted by Crippen LogP contribution is -2.41. The van der Waals surface area contributed by atoms with E-state index < -0.39 is 10.0 Å². The molecule has 1 saturated carbocycles. The molecule has 19 heavy (non-hydrogen) atoms. The summed E-state index contributed by atoms with van der Waals surface area (Å²) < 4.78 is 29.3. The highest BCUT2D eigenvalue weighted by Gasteiger charge is 2.38. The molecule has 1 aliphatic rings. The second-order valence-corrected chi connectivity index (χ2v) is 7.63. The summed E-state index contributed by atoms with van der Waals surface area (Å²) in [6.07, 6.45) is 2.94. The molecule has 6 nitrogen and oxygen atoms in total. The lowest BCUT2D eigenvalue weighted by atomic mass is 9.88. The number of aryl methyl sites for hydroxylation is 1. The van der Waals surface area contributed by atoms with Crippen molar-refractivity contribution in [2.45, 2.75) is 51.0 Å². The number of nitrogens with two attached hydrogens (primary N) is 1. The van der Waals surface area contributed by atoms with Crippen LogP contribution in [0.1, 0.15) is 38.8 Å². The van der Waals surface area contributed by atoms with Crippen molar-refractivity contribution in [1.29, 1.82) is 0 Å². The van der Waals surface area contributed by atoms with Crippen molar-refractivity contribution in [2.24, 2.45) is 12.5 Å². The maximum atomic E-state index is 12.5. The van der Waals surface area contributed by atoms with Crippen LogP contribution in [0.4, 0.5) is 5.82 Å². The van der Waals surface area contributed by atoms with Gasteiger partial charge < -0.3 is 5.73 Å². The zero-order valence-corrected chi connectivity index (χ0v) is 12.7. The van der Waals surface area contributed by atoms with E-state index in [-0.39, 0.29) is 22.2 Å². The highest BCUT2D eigenvalue weighted by atomic mass is 32.2. The number of nitrogens with zero attached hydrogens (tertiary/aromatic N) is 2. The third kappa shape index (κ3) is 2.49. The van der Waals surface area contributed by atoms with Crippen molar-refractivity contribution in [3.8, 4) is 0 Å². The summed E-state index contributed by atoms with van der Waals surface area (Å²) in [5.74, 6) is 0.0586. The van der Waals surface area contributed by atoms with Gasteiger partial charge in [-0.3, -0.25) is 4.68 Å². The average Bonchev–Trinajstić information content (AvgIpc) is 2.68. The third-order valence-corrected chi connectivity index (χ3v) is 5.76. The van der Waals surface area contributed by atoms with Gasteiger partial charge in [0.05, 0.1) is 5.69 Å². The van der Waals surface area contributed by atoms with Crippen molar-refractivity contribution in [3.63, 3.8) is 0 Å². The first-order chi connectivity index (χ1) is 8.65. The SMILES string of the molecule is Cc1c(S(=O)(=O)NC2CCCC2(C)C)c(N)nn1C. The van der Waals surface area contributed by atoms with E-state index in [0.29, 0.717) is 5.69 Å². The summed E-state index contributed by atoms with van der Waals surface area (Å²) in [5.41, 5.74) is 6.26. The number of nitrogen functional groups attached to an aromatic ring is 1. The van der Waals surface area contributed by atoms with Crippen molar-refractivity contribution < 1.29 is 8.42 Å². The molecule has 7 heteroatoms. The standard InChI is InChI=1S/C12H22N4O2S/c1-8-10(11(13)14-16(8)4)19(17,18)15-9-6-5-7-12(9,2)3/h9,15H,5-7H2,1-4H3,(H2,13,14). The lowest BCUT2D eigenvalue weighted by Gasteiger charge is -2.27. The molecule has 0 aromatic carbocycles. The molecule has 0 saturated heterocycles. The fraction of sp³-hybridized carbons (Fsp3) is 0.750. The summed E-state index contributed by atoms with van der Waals surface area (Å²) in [6, 6.07) is -0.0449. The number of aromatic nitrogens is 2.